The SMILES string of the molecule is Cc1cccc(C(=O)Nc2cccc(SCC(=O)Nc3nc(-c4ccc(F)cc4)cs3)c2)c1. The zero-order valence-corrected chi connectivity index (χ0v) is 19.3. The van der Waals surface area contributed by atoms with Crippen molar-refractivity contribution < 1.29 is 14.0 Å². The average Bonchev–Trinajstić information content (AvgIpc) is 3.27. The molecule has 0 atom stereocenters. The van der Waals surface area contributed by atoms with Crippen LogP contribution in [0.3, 0.4) is 0 Å². The summed E-state index contributed by atoms with van der Waals surface area (Å²) >= 11 is 2.68. The van der Waals surface area contributed by atoms with Gasteiger partial charge in [0.15, 0.2) is 5.13 Å². The minimum Gasteiger partial charge on any atom is -0.322 e. The second-order valence-electron chi connectivity index (χ2n) is 7.23. The Morgan fingerprint density at radius 3 is 2.58 bits per heavy atom. The summed E-state index contributed by atoms with van der Waals surface area (Å²) in [6.45, 7) is 1.94. The van der Waals surface area contributed by atoms with Crippen LogP contribution in [0.5, 0.6) is 0 Å². The lowest BCUT2D eigenvalue weighted by Gasteiger charge is -2.08. The fraction of sp³-hybridized carbons (Fsp3) is 0.0800. The minimum absolute atomic E-state index is 0.181. The zero-order chi connectivity index (χ0) is 23.2. The number of aryl methyl sites for hydroxylation is 1. The molecule has 33 heavy (non-hydrogen) atoms. The van der Waals surface area contributed by atoms with Crippen molar-refractivity contribution in [2.45, 2.75) is 11.8 Å². The van der Waals surface area contributed by atoms with Crippen LogP contribution in [0.25, 0.3) is 11.3 Å². The van der Waals surface area contributed by atoms with Crippen LogP contribution in [-0.2, 0) is 4.79 Å². The maximum Gasteiger partial charge on any atom is 0.255 e. The number of aromatic nitrogens is 1. The molecule has 0 aliphatic heterocycles. The van der Waals surface area contributed by atoms with Crippen molar-refractivity contribution in [3.63, 3.8) is 0 Å². The number of carbonyl (C=O) groups is 2. The molecule has 0 radical (unpaired) electrons. The van der Waals surface area contributed by atoms with E-state index in [-0.39, 0.29) is 23.4 Å². The van der Waals surface area contributed by atoms with E-state index in [1.807, 2.05) is 54.8 Å². The topological polar surface area (TPSA) is 71.1 Å². The van der Waals surface area contributed by atoms with Crippen molar-refractivity contribution in [3.05, 3.63) is 95.1 Å². The van der Waals surface area contributed by atoms with Crippen LogP contribution >= 0.6 is 23.1 Å². The fourth-order valence-corrected chi connectivity index (χ4v) is 4.53. The number of anilines is 2. The van der Waals surface area contributed by atoms with Crippen molar-refractivity contribution in [2.24, 2.45) is 0 Å². The molecule has 0 fully saturated rings. The Bertz CT molecular complexity index is 1290. The smallest absolute Gasteiger partial charge is 0.255 e. The Labute approximate surface area is 199 Å². The van der Waals surface area contributed by atoms with E-state index in [1.165, 1.54) is 35.2 Å². The Hall–Kier alpha value is -3.49. The highest BCUT2D eigenvalue weighted by molar-refractivity contribution is 8.00. The first-order chi connectivity index (χ1) is 16.0. The van der Waals surface area contributed by atoms with Crippen LogP contribution < -0.4 is 10.6 Å². The van der Waals surface area contributed by atoms with E-state index in [1.54, 1.807) is 18.2 Å². The van der Waals surface area contributed by atoms with Crippen molar-refractivity contribution in [1.82, 2.24) is 4.98 Å². The molecule has 0 aliphatic carbocycles. The number of rotatable bonds is 7. The number of amides is 2. The van der Waals surface area contributed by atoms with Gasteiger partial charge in [-0.15, -0.1) is 23.1 Å². The summed E-state index contributed by atoms with van der Waals surface area (Å²) in [5.74, 6) is -0.479. The van der Waals surface area contributed by atoms with E-state index in [0.717, 1.165) is 16.0 Å². The summed E-state index contributed by atoms with van der Waals surface area (Å²) in [6, 6.07) is 20.8. The molecule has 166 valence electrons. The van der Waals surface area contributed by atoms with Gasteiger partial charge < -0.3 is 10.6 Å². The second-order valence-corrected chi connectivity index (χ2v) is 9.14. The van der Waals surface area contributed by atoms with Crippen molar-refractivity contribution in [3.8, 4) is 11.3 Å². The molecule has 0 bridgehead atoms. The lowest BCUT2D eigenvalue weighted by atomic mass is 10.1. The monoisotopic (exact) mass is 477 g/mol. The van der Waals surface area contributed by atoms with Gasteiger partial charge in [0.2, 0.25) is 5.91 Å². The highest BCUT2D eigenvalue weighted by Gasteiger charge is 2.10. The van der Waals surface area contributed by atoms with Gasteiger partial charge in [-0.05, 0) is 61.5 Å². The van der Waals surface area contributed by atoms with Crippen LogP contribution in [-0.4, -0.2) is 22.6 Å². The maximum absolute atomic E-state index is 13.1. The van der Waals surface area contributed by atoms with E-state index < -0.39 is 0 Å². The molecule has 0 saturated carbocycles. The molecular formula is C25H20FN3O2S2. The summed E-state index contributed by atoms with van der Waals surface area (Å²) in [5.41, 5.74) is 3.74. The molecule has 2 N–H and O–H groups in total. The van der Waals surface area contributed by atoms with E-state index in [9.17, 15) is 14.0 Å². The van der Waals surface area contributed by atoms with E-state index in [4.69, 9.17) is 0 Å². The van der Waals surface area contributed by atoms with Gasteiger partial charge in [-0.25, -0.2) is 9.37 Å². The molecule has 2 amide bonds. The van der Waals surface area contributed by atoms with Crippen molar-refractivity contribution >= 4 is 45.7 Å². The molecule has 1 aromatic heterocycles. The van der Waals surface area contributed by atoms with Crippen molar-refractivity contribution in [1.29, 1.82) is 0 Å². The Morgan fingerprint density at radius 1 is 1.00 bits per heavy atom. The molecule has 4 aromatic rings. The van der Waals surface area contributed by atoms with E-state index in [2.05, 4.69) is 15.6 Å². The Balaban J connectivity index is 1.31. The predicted octanol–water partition coefficient (Wildman–Crippen LogP) is 6.24. The van der Waals surface area contributed by atoms with Gasteiger partial charge in [-0.1, -0.05) is 23.8 Å². The highest BCUT2D eigenvalue weighted by atomic mass is 32.2. The van der Waals surface area contributed by atoms with Gasteiger partial charge >= 0.3 is 0 Å². The highest BCUT2D eigenvalue weighted by Crippen LogP contribution is 2.26. The van der Waals surface area contributed by atoms with E-state index >= 15 is 0 Å². The average molecular weight is 478 g/mol. The molecular weight excluding hydrogens is 457 g/mol. The summed E-state index contributed by atoms with van der Waals surface area (Å²) < 4.78 is 13.1. The number of nitrogens with one attached hydrogen (secondary N) is 2. The van der Waals surface area contributed by atoms with Gasteiger partial charge in [0, 0.05) is 27.1 Å². The first-order valence-corrected chi connectivity index (χ1v) is 11.9. The number of thiazole rings is 1. The molecule has 4 rings (SSSR count). The number of halogens is 1. The maximum atomic E-state index is 13.1. The number of hydrogen-bond acceptors (Lipinski definition) is 5. The molecule has 5 nitrogen and oxygen atoms in total. The van der Waals surface area contributed by atoms with Gasteiger partial charge in [0.1, 0.15) is 5.82 Å². The third-order valence-electron chi connectivity index (χ3n) is 4.63. The van der Waals surface area contributed by atoms with Crippen LogP contribution in [0.15, 0.2) is 83.1 Å². The summed E-state index contributed by atoms with van der Waals surface area (Å²) in [6.07, 6.45) is 0. The standard InChI is InChI=1S/C25H20FN3O2S2/c1-16-4-2-5-18(12-16)24(31)27-20-6-3-7-21(13-20)32-15-23(30)29-25-28-22(14-33-25)17-8-10-19(26)11-9-17/h2-14H,15H2,1H3,(H,27,31)(H,28,29,30). The molecule has 8 heteroatoms. The van der Waals surface area contributed by atoms with Gasteiger partial charge in [0.05, 0.1) is 11.4 Å². The van der Waals surface area contributed by atoms with Crippen LogP contribution in [0, 0.1) is 12.7 Å². The zero-order valence-electron chi connectivity index (χ0n) is 17.7. The molecule has 0 unspecified atom stereocenters. The number of thioether (sulfide) groups is 1. The molecule has 3 aromatic carbocycles. The van der Waals surface area contributed by atoms with Crippen LogP contribution in [0.4, 0.5) is 15.2 Å². The first-order valence-electron chi connectivity index (χ1n) is 10.1. The predicted molar refractivity (Wildman–Crippen MR) is 132 cm³/mol. The number of carbonyl (C=O) groups excluding carboxylic acids is 2. The third kappa shape index (κ3) is 6.27. The minimum atomic E-state index is -0.307. The van der Waals surface area contributed by atoms with Crippen LogP contribution in [0.1, 0.15) is 15.9 Å². The van der Waals surface area contributed by atoms with Gasteiger partial charge in [0.25, 0.3) is 5.91 Å². The molecule has 0 saturated heterocycles. The fourth-order valence-electron chi connectivity index (χ4n) is 3.04. The lowest BCUT2D eigenvalue weighted by Crippen LogP contribution is -2.14. The summed E-state index contributed by atoms with van der Waals surface area (Å²) in [5, 5.41) is 7.98. The largest absolute Gasteiger partial charge is 0.322 e. The first kappa shape index (κ1) is 22.7. The lowest BCUT2D eigenvalue weighted by molar-refractivity contribution is -0.113. The third-order valence-corrected chi connectivity index (χ3v) is 6.38. The molecule has 1 heterocycles. The van der Waals surface area contributed by atoms with Crippen molar-refractivity contribution in [2.75, 3.05) is 16.4 Å². The van der Waals surface area contributed by atoms with E-state index in [0.29, 0.717) is 22.1 Å². The summed E-state index contributed by atoms with van der Waals surface area (Å²) in [4.78, 5) is 30.1. The molecule has 0 aliphatic rings. The Kier molecular flexibility index (Phi) is 7.16. The number of nitrogens with zero attached hydrogens (tertiary/aromatic N) is 1. The van der Waals surface area contributed by atoms with Gasteiger partial charge in [-0.3, -0.25) is 9.59 Å². The quantitative estimate of drug-likeness (QED) is 0.309. The number of benzene rings is 3. The molecule has 0 spiro atoms. The normalized spacial score (nSPS) is 10.6. The Morgan fingerprint density at radius 2 is 1.79 bits per heavy atom. The van der Waals surface area contributed by atoms with Crippen LogP contribution in [0.2, 0.25) is 0 Å². The number of hydrogen-bond donors (Lipinski definition) is 2. The summed E-state index contributed by atoms with van der Waals surface area (Å²) in [7, 11) is 0. The second kappa shape index (κ2) is 10.4. The van der Waals surface area contributed by atoms with Gasteiger partial charge in [-0.2, -0.15) is 0 Å².